The van der Waals surface area contributed by atoms with E-state index in [4.69, 9.17) is 14.2 Å². The molecule has 0 spiro atoms. The van der Waals surface area contributed by atoms with E-state index in [0.29, 0.717) is 30.3 Å². The van der Waals surface area contributed by atoms with E-state index < -0.39 is 22.0 Å². The summed E-state index contributed by atoms with van der Waals surface area (Å²) in [4.78, 5) is 11.8. The van der Waals surface area contributed by atoms with Crippen LogP contribution < -0.4 is 14.2 Å². The van der Waals surface area contributed by atoms with E-state index in [1.807, 2.05) is 19.1 Å². The van der Waals surface area contributed by atoms with E-state index in [0.717, 1.165) is 5.56 Å². The van der Waals surface area contributed by atoms with Gasteiger partial charge in [0.15, 0.2) is 11.5 Å². The summed E-state index contributed by atoms with van der Waals surface area (Å²) in [6.45, 7) is 2.71. The van der Waals surface area contributed by atoms with Crippen LogP contribution in [0.4, 0.5) is 0 Å². The van der Waals surface area contributed by atoms with Crippen molar-refractivity contribution >= 4 is 16.0 Å². The molecule has 0 unspecified atom stereocenters. The summed E-state index contributed by atoms with van der Waals surface area (Å²) in [5, 5.41) is 0. The van der Waals surface area contributed by atoms with Gasteiger partial charge in [-0.1, -0.05) is 29.8 Å². The van der Waals surface area contributed by atoms with Crippen LogP contribution in [0.2, 0.25) is 0 Å². The number of benzene rings is 2. The predicted molar refractivity (Wildman–Crippen MR) is 98.3 cm³/mol. The Hall–Kier alpha value is -2.58. The minimum Gasteiger partial charge on any atom is -0.486 e. The lowest BCUT2D eigenvalue weighted by Crippen LogP contribution is -2.30. The molecule has 7 nitrogen and oxygen atoms in total. The molecule has 8 heteroatoms. The van der Waals surface area contributed by atoms with Crippen LogP contribution in [-0.2, 0) is 19.6 Å². The molecule has 2 aromatic rings. The fourth-order valence-electron chi connectivity index (χ4n) is 2.72. The normalized spacial score (nSPS) is 14.4. The van der Waals surface area contributed by atoms with Gasteiger partial charge in [0, 0.05) is 6.07 Å². The number of ether oxygens (including phenoxy) is 3. The molecule has 1 N–H and O–H groups in total. The van der Waals surface area contributed by atoms with Gasteiger partial charge in [0.2, 0.25) is 10.0 Å². The number of carbonyl (C=O) groups excluding carboxylic acids is 1. The molecule has 1 aliphatic heterocycles. The number of hydrogen-bond acceptors (Lipinski definition) is 6. The molecule has 0 saturated carbocycles. The highest BCUT2D eigenvalue weighted by Crippen LogP contribution is 2.32. The Balaban J connectivity index is 1.89. The summed E-state index contributed by atoms with van der Waals surface area (Å²) < 4.78 is 43.9. The van der Waals surface area contributed by atoms with Gasteiger partial charge in [0.05, 0.1) is 24.5 Å². The van der Waals surface area contributed by atoms with Crippen LogP contribution in [0.1, 0.15) is 23.6 Å². The van der Waals surface area contributed by atoms with Crippen LogP contribution >= 0.6 is 0 Å². The maximum Gasteiger partial charge on any atom is 0.307 e. The van der Waals surface area contributed by atoms with Crippen molar-refractivity contribution in [2.24, 2.45) is 0 Å². The second-order valence-electron chi connectivity index (χ2n) is 6.17. The zero-order valence-corrected chi connectivity index (χ0v) is 15.9. The summed E-state index contributed by atoms with van der Waals surface area (Å²) in [5.74, 6) is 0.374. The van der Waals surface area contributed by atoms with E-state index in [9.17, 15) is 13.2 Å². The molecule has 3 rings (SSSR count). The van der Waals surface area contributed by atoms with Crippen molar-refractivity contribution in [2.45, 2.75) is 24.3 Å². The van der Waals surface area contributed by atoms with Crippen molar-refractivity contribution in [3.63, 3.8) is 0 Å². The molecule has 2 aromatic carbocycles. The smallest absolute Gasteiger partial charge is 0.307 e. The number of esters is 1. The van der Waals surface area contributed by atoms with E-state index in [2.05, 4.69) is 4.72 Å². The van der Waals surface area contributed by atoms with Gasteiger partial charge < -0.3 is 14.2 Å². The van der Waals surface area contributed by atoms with Crippen molar-refractivity contribution in [1.82, 2.24) is 4.72 Å². The molecule has 0 radical (unpaired) electrons. The number of sulfonamides is 1. The lowest BCUT2D eigenvalue weighted by molar-refractivity contribution is -0.141. The average Bonchev–Trinajstić information content (AvgIpc) is 2.67. The van der Waals surface area contributed by atoms with Gasteiger partial charge in [-0.05, 0) is 24.6 Å². The zero-order valence-electron chi connectivity index (χ0n) is 15.1. The van der Waals surface area contributed by atoms with E-state index in [1.165, 1.54) is 19.2 Å². The van der Waals surface area contributed by atoms with Crippen LogP contribution in [0.3, 0.4) is 0 Å². The van der Waals surface area contributed by atoms with Gasteiger partial charge >= 0.3 is 5.97 Å². The maximum absolute atomic E-state index is 12.9. The SMILES string of the molecule is COC(=O)C[C@@H](NS(=O)(=O)c1ccc2c(c1)OCCO2)c1ccc(C)cc1. The summed E-state index contributed by atoms with van der Waals surface area (Å²) in [5.41, 5.74) is 1.71. The third-order valence-corrected chi connectivity index (χ3v) is 5.67. The van der Waals surface area contributed by atoms with Crippen molar-refractivity contribution in [3.8, 4) is 11.5 Å². The second kappa shape index (κ2) is 7.98. The minimum atomic E-state index is -3.90. The Morgan fingerprint density at radius 2 is 1.78 bits per heavy atom. The average molecular weight is 391 g/mol. The van der Waals surface area contributed by atoms with Crippen LogP contribution in [0.15, 0.2) is 47.4 Å². The highest BCUT2D eigenvalue weighted by atomic mass is 32.2. The van der Waals surface area contributed by atoms with Crippen molar-refractivity contribution < 1.29 is 27.4 Å². The first kappa shape index (κ1) is 19.2. The molecular weight excluding hydrogens is 370 g/mol. The number of fused-ring (bicyclic) bond motifs is 1. The number of nitrogens with one attached hydrogen (secondary N) is 1. The molecule has 0 fully saturated rings. The van der Waals surface area contributed by atoms with Crippen LogP contribution in [-0.4, -0.2) is 34.7 Å². The monoisotopic (exact) mass is 391 g/mol. The van der Waals surface area contributed by atoms with Crippen molar-refractivity contribution in [2.75, 3.05) is 20.3 Å². The molecular formula is C19H21NO6S. The quantitative estimate of drug-likeness (QED) is 0.760. The number of methoxy groups -OCH3 is 1. The van der Waals surface area contributed by atoms with Gasteiger partial charge in [-0.3, -0.25) is 4.79 Å². The van der Waals surface area contributed by atoms with Gasteiger partial charge in [-0.2, -0.15) is 0 Å². The maximum atomic E-state index is 12.9. The molecule has 0 aliphatic carbocycles. The number of rotatable bonds is 6. The highest BCUT2D eigenvalue weighted by Gasteiger charge is 2.25. The van der Waals surface area contributed by atoms with Crippen LogP contribution in [0.5, 0.6) is 11.5 Å². The molecule has 27 heavy (non-hydrogen) atoms. The second-order valence-corrected chi connectivity index (χ2v) is 7.88. The number of carbonyl (C=O) groups is 1. The predicted octanol–water partition coefficient (Wildman–Crippen LogP) is 2.35. The first-order valence-electron chi connectivity index (χ1n) is 8.44. The van der Waals surface area contributed by atoms with Crippen molar-refractivity contribution in [3.05, 3.63) is 53.6 Å². The molecule has 1 aliphatic rings. The zero-order chi connectivity index (χ0) is 19.4. The molecule has 0 saturated heterocycles. The Kier molecular flexibility index (Phi) is 5.67. The largest absolute Gasteiger partial charge is 0.486 e. The van der Waals surface area contributed by atoms with E-state index >= 15 is 0 Å². The number of aryl methyl sites for hydroxylation is 1. The third kappa shape index (κ3) is 4.58. The molecule has 0 bridgehead atoms. The van der Waals surface area contributed by atoms with Gasteiger partial charge in [-0.15, -0.1) is 0 Å². The van der Waals surface area contributed by atoms with Gasteiger partial charge in [-0.25, -0.2) is 13.1 Å². The fraction of sp³-hybridized carbons (Fsp3) is 0.316. The fourth-order valence-corrected chi connectivity index (χ4v) is 3.96. The highest BCUT2D eigenvalue weighted by molar-refractivity contribution is 7.89. The summed E-state index contributed by atoms with van der Waals surface area (Å²) >= 11 is 0. The van der Waals surface area contributed by atoms with E-state index in [-0.39, 0.29) is 11.3 Å². The molecule has 1 atom stereocenters. The molecule has 144 valence electrons. The minimum absolute atomic E-state index is 0.0359. The van der Waals surface area contributed by atoms with Crippen LogP contribution in [0, 0.1) is 6.92 Å². The van der Waals surface area contributed by atoms with Gasteiger partial charge in [0.1, 0.15) is 13.2 Å². The first-order valence-corrected chi connectivity index (χ1v) is 9.93. The molecule has 0 aromatic heterocycles. The molecule has 1 heterocycles. The Labute approximate surface area is 158 Å². The standard InChI is InChI=1S/C19H21NO6S/c1-13-3-5-14(6-4-13)16(12-19(21)24-2)20-27(22,23)15-7-8-17-18(11-15)26-10-9-25-17/h3-8,11,16,20H,9-10,12H2,1-2H3/t16-/m1/s1. The third-order valence-electron chi connectivity index (χ3n) is 4.20. The van der Waals surface area contributed by atoms with Crippen LogP contribution in [0.25, 0.3) is 0 Å². The van der Waals surface area contributed by atoms with Crippen molar-refractivity contribution in [1.29, 1.82) is 0 Å². The topological polar surface area (TPSA) is 90.9 Å². The van der Waals surface area contributed by atoms with Gasteiger partial charge in [0.25, 0.3) is 0 Å². The lowest BCUT2D eigenvalue weighted by atomic mass is 10.0. The Morgan fingerprint density at radius 1 is 1.11 bits per heavy atom. The lowest BCUT2D eigenvalue weighted by Gasteiger charge is -2.21. The first-order chi connectivity index (χ1) is 12.9. The summed E-state index contributed by atoms with van der Waals surface area (Å²) in [7, 11) is -2.63. The Morgan fingerprint density at radius 3 is 2.44 bits per heavy atom. The van der Waals surface area contributed by atoms with E-state index in [1.54, 1.807) is 18.2 Å². The summed E-state index contributed by atoms with van der Waals surface area (Å²) in [6, 6.07) is 11.0. The summed E-state index contributed by atoms with van der Waals surface area (Å²) in [6.07, 6.45) is -0.122. The Bertz CT molecular complexity index is 924. The number of hydrogen-bond donors (Lipinski definition) is 1. The molecule has 0 amide bonds.